The van der Waals surface area contributed by atoms with Crippen LogP contribution in [0, 0.1) is 5.82 Å². The lowest BCUT2D eigenvalue weighted by atomic mass is 9.79. The quantitative estimate of drug-likeness (QED) is 0.677. The standard InChI is InChI=1S/C25H31FN2O3/c1-3-30-25(17-20-9-11-22(26)12-10-20)19-24(13-15-27(2)16-14-24)31-23(29)28(25)18-21-7-5-4-6-8-21/h4-12H,3,13-19H2,1-2H3. The Morgan fingerprint density at radius 2 is 1.71 bits per heavy atom. The fourth-order valence-electron chi connectivity index (χ4n) is 4.85. The second-order valence-electron chi connectivity index (χ2n) is 8.79. The van der Waals surface area contributed by atoms with Gasteiger partial charge in [0.05, 0.1) is 6.54 Å². The van der Waals surface area contributed by atoms with Crippen LogP contribution in [0.2, 0.25) is 0 Å². The predicted octanol–water partition coefficient (Wildman–Crippen LogP) is 4.61. The number of piperidine rings is 1. The van der Waals surface area contributed by atoms with Crippen molar-refractivity contribution in [3.05, 3.63) is 71.5 Å². The van der Waals surface area contributed by atoms with Crippen LogP contribution in [-0.2, 0) is 22.4 Å². The van der Waals surface area contributed by atoms with Gasteiger partial charge < -0.3 is 14.4 Å². The van der Waals surface area contributed by atoms with Crippen LogP contribution < -0.4 is 0 Å². The van der Waals surface area contributed by atoms with Crippen LogP contribution in [0.4, 0.5) is 9.18 Å². The van der Waals surface area contributed by atoms with Crippen molar-refractivity contribution in [2.45, 2.75) is 50.5 Å². The first kappa shape index (κ1) is 21.8. The molecule has 2 aromatic rings. The van der Waals surface area contributed by atoms with E-state index in [9.17, 15) is 9.18 Å². The Hall–Kier alpha value is -2.44. The number of hydrogen-bond acceptors (Lipinski definition) is 4. The molecular formula is C25H31FN2O3. The molecule has 2 fully saturated rings. The van der Waals surface area contributed by atoms with Crippen molar-refractivity contribution in [2.75, 3.05) is 26.7 Å². The van der Waals surface area contributed by atoms with Gasteiger partial charge in [-0.1, -0.05) is 42.5 Å². The zero-order valence-corrected chi connectivity index (χ0v) is 18.4. The number of rotatable bonds is 6. The van der Waals surface area contributed by atoms with Crippen molar-refractivity contribution in [2.24, 2.45) is 0 Å². The molecule has 4 rings (SSSR count). The normalized spacial score (nSPS) is 23.7. The van der Waals surface area contributed by atoms with Gasteiger partial charge in [0.1, 0.15) is 11.4 Å². The van der Waals surface area contributed by atoms with Gasteiger partial charge >= 0.3 is 6.09 Å². The minimum absolute atomic E-state index is 0.273. The lowest BCUT2D eigenvalue weighted by Gasteiger charge is -2.54. The van der Waals surface area contributed by atoms with Crippen LogP contribution in [0.15, 0.2) is 54.6 Å². The Kier molecular flexibility index (Phi) is 6.30. The Morgan fingerprint density at radius 3 is 2.35 bits per heavy atom. The molecule has 31 heavy (non-hydrogen) atoms. The number of likely N-dealkylation sites (tertiary alicyclic amines) is 1. The molecule has 1 unspecified atom stereocenters. The SMILES string of the molecule is CCOC1(Cc2ccc(F)cc2)CC2(CCN(C)CC2)OC(=O)N1Cc1ccccc1. The van der Waals surface area contributed by atoms with E-state index in [2.05, 4.69) is 11.9 Å². The average Bonchev–Trinajstić information content (AvgIpc) is 2.76. The Bertz CT molecular complexity index is 881. The molecule has 1 amide bonds. The highest BCUT2D eigenvalue weighted by Gasteiger charge is 2.55. The summed E-state index contributed by atoms with van der Waals surface area (Å²) in [6, 6.07) is 16.4. The van der Waals surface area contributed by atoms with Gasteiger partial charge in [0, 0.05) is 45.4 Å². The molecule has 5 nitrogen and oxygen atoms in total. The number of amides is 1. The minimum Gasteiger partial charge on any atom is -0.442 e. The largest absolute Gasteiger partial charge is 0.442 e. The van der Waals surface area contributed by atoms with Gasteiger partial charge in [-0.15, -0.1) is 0 Å². The van der Waals surface area contributed by atoms with E-state index in [0.717, 1.165) is 37.1 Å². The monoisotopic (exact) mass is 426 g/mol. The highest BCUT2D eigenvalue weighted by Crippen LogP contribution is 2.44. The Labute approximate surface area is 183 Å². The zero-order chi connectivity index (χ0) is 21.9. The number of carbonyl (C=O) groups excluding carboxylic acids is 1. The van der Waals surface area contributed by atoms with Gasteiger partial charge in [-0.2, -0.15) is 0 Å². The molecule has 1 spiro atoms. The number of halogens is 1. The van der Waals surface area contributed by atoms with Crippen molar-refractivity contribution >= 4 is 6.09 Å². The highest BCUT2D eigenvalue weighted by atomic mass is 19.1. The van der Waals surface area contributed by atoms with Gasteiger partial charge in [-0.3, -0.25) is 4.90 Å². The summed E-state index contributed by atoms with van der Waals surface area (Å²) in [6.07, 6.45) is 2.31. The lowest BCUT2D eigenvalue weighted by molar-refractivity contribution is -0.224. The summed E-state index contributed by atoms with van der Waals surface area (Å²) in [7, 11) is 2.09. The van der Waals surface area contributed by atoms with Gasteiger partial charge in [0.15, 0.2) is 5.72 Å². The Morgan fingerprint density at radius 1 is 1.03 bits per heavy atom. The van der Waals surface area contributed by atoms with Crippen molar-refractivity contribution < 1.29 is 18.7 Å². The summed E-state index contributed by atoms with van der Waals surface area (Å²) in [5, 5.41) is 0. The lowest BCUT2D eigenvalue weighted by Crippen LogP contribution is -2.66. The summed E-state index contributed by atoms with van der Waals surface area (Å²) in [5.41, 5.74) is 0.562. The molecule has 0 bridgehead atoms. The fourth-order valence-corrected chi connectivity index (χ4v) is 4.85. The van der Waals surface area contributed by atoms with Gasteiger partial charge in [-0.25, -0.2) is 9.18 Å². The maximum atomic E-state index is 13.5. The third kappa shape index (κ3) is 4.75. The van der Waals surface area contributed by atoms with Crippen LogP contribution in [0.3, 0.4) is 0 Å². The first-order valence-electron chi connectivity index (χ1n) is 11.1. The van der Waals surface area contributed by atoms with Crippen molar-refractivity contribution in [3.63, 3.8) is 0 Å². The summed E-state index contributed by atoms with van der Waals surface area (Å²) < 4.78 is 26.1. The van der Waals surface area contributed by atoms with Crippen molar-refractivity contribution in [1.82, 2.24) is 9.80 Å². The minimum atomic E-state index is -0.854. The number of hydrogen-bond donors (Lipinski definition) is 0. The number of benzene rings is 2. The third-order valence-corrected chi connectivity index (χ3v) is 6.50. The topological polar surface area (TPSA) is 42.0 Å². The predicted molar refractivity (Wildman–Crippen MR) is 117 cm³/mol. The van der Waals surface area contributed by atoms with Crippen molar-refractivity contribution in [3.8, 4) is 0 Å². The zero-order valence-electron chi connectivity index (χ0n) is 18.4. The van der Waals surface area contributed by atoms with E-state index in [0.29, 0.717) is 26.0 Å². The average molecular weight is 427 g/mol. The molecule has 0 radical (unpaired) electrons. The maximum absolute atomic E-state index is 13.5. The molecule has 2 aliphatic rings. The van der Waals surface area contributed by atoms with Crippen molar-refractivity contribution in [1.29, 1.82) is 0 Å². The van der Waals surface area contributed by atoms with Crippen LogP contribution in [0.5, 0.6) is 0 Å². The molecule has 2 aliphatic heterocycles. The van der Waals surface area contributed by atoms with Gasteiger partial charge in [0.2, 0.25) is 0 Å². The third-order valence-electron chi connectivity index (χ3n) is 6.50. The van der Waals surface area contributed by atoms with Crippen LogP contribution in [0.1, 0.15) is 37.3 Å². The first-order valence-corrected chi connectivity index (χ1v) is 11.1. The molecule has 0 aliphatic carbocycles. The summed E-state index contributed by atoms with van der Waals surface area (Å²) >= 11 is 0. The molecule has 0 saturated carbocycles. The molecule has 6 heteroatoms. The molecule has 166 valence electrons. The maximum Gasteiger partial charge on any atom is 0.412 e. The molecule has 2 heterocycles. The van der Waals surface area contributed by atoms with Crippen LogP contribution in [-0.4, -0.2) is 54.0 Å². The smallest absolute Gasteiger partial charge is 0.412 e. The Balaban J connectivity index is 1.72. The van der Waals surface area contributed by atoms with E-state index in [1.807, 2.05) is 37.3 Å². The van der Waals surface area contributed by atoms with Crippen LogP contribution >= 0.6 is 0 Å². The van der Waals surface area contributed by atoms with E-state index in [4.69, 9.17) is 9.47 Å². The van der Waals surface area contributed by atoms with Gasteiger partial charge in [-0.05, 0) is 37.2 Å². The number of carbonyl (C=O) groups is 1. The fraction of sp³-hybridized carbons (Fsp3) is 0.480. The molecular weight excluding hydrogens is 395 g/mol. The molecule has 2 aromatic carbocycles. The second kappa shape index (κ2) is 8.97. The van der Waals surface area contributed by atoms with E-state index in [-0.39, 0.29) is 11.9 Å². The second-order valence-corrected chi connectivity index (χ2v) is 8.79. The highest BCUT2D eigenvalue weighted by molar-refractivity contribution is 5.70. The summed E-state index contributed by atoms with van der Waals surface area (Å²) in [5.74, 6) is -0.273. The number of nitrogens with zero attached hydrogens (tertiary/aromatic N) is 2. The van der Waals surface area contributed by atoms with E-state index < -0.39 is 11.3 Å². The van der Waals surface area contributed by atoms with E-state index in [1.165, 1.54) is 12.1 Å². The van der Waals surface area contributed by atoms with Crippen LogP contribution in [0.25, 0.3) is 0 Å². The molecule has 0 N–H and O–H groups in total. The molecule has 2 saturated heterocycles. The summed E-state index contributed by atoms with van der Waals surface area (Å²) in [4.78, 5) is 17.4. The summed E-state index contributed by atoms with van der Waals surface area (Å²) in [6.45, 7) is 4.58. The van der Waals surface area contributed by atoms with E-state index >= 15 is 0 Å². The molecule has 0 aromatic heterocycles. The molecule has 1 atom stereocenters. The number of ether oxygens (including phenoxy) is 2. The van der Waals surface area contributed by atoms with Gasteiger partial charge in [0.25, 0.3) is 0 Å². The first-order chi connectivity index (χ1) is 14.9. The van der Waals surface area contributed by atoms with E-state index in [1.54, 1.807) is 17.0 Å².